The summed E-state index contributed by atoms with van der Waals surface area (Å²) in [7, 11) is 0. The first-order chi connectivity index (χ1) is 18.0. The van der Waals surface area contributed by atoms with E-state index in [0.29, 0.717) is 31.1 Å². The Morgan fingerprint density at radius 1 is 1.05 bits per heavy atom. The Morgan fingerprint density at radius 2 is 1.84 bits per heavy atom. The van der Waals surface area contributed by atoms with Gasteiger partial charge in [-0.15, -0.1) is 0 Å². The number of carbonyl (C=O) groups excluding carboxylic acids is 1. The van der Waals surface area contributed by atoms with Gasteiger partial charge in [-0.1, -0.05) is 23.7 Å². The molecule has 6 rings (SSSR count). The van der Waals surface area contributed by atoms with Crippen molar-refractivity contribution in [2.75, 3.05) is 24.8 Å². The first kappa shape index (κ1) is 23.7. The van der Waals surface area contributed by atoms with Crippen LogP contribution in [0.15, 0.2) is 54.6 Å². The van der Waals surface area contributed by atoms with Crippen LogP contribution in [0.4, 0.5) is 5.69 Å². The second-order valence-corrected chi connectivity index (χ2v) is 10.0. The summed E-state index contributed by atoms with van der Waals surface area (Å²) >= 11 is 6.29. The number of amides is 1. The molecule has 3 aromatic carbocycles. The zero-order chi connectivity index (χ0) is 25.5. The molecule has 1 atom stereocenters. The first-order valence-electron chi connectivity index (χ1n) is 12.5. The Balaban J connectivity index is 1.20. The lowest BCUT2D eigenvalue weighted by Crippen LogP contribution is -2.24. The molecule has 37 heavy (non-hydrogen) atoms. The summed E-state index contributed by atoms with van der Waals surface area (Å²) in [6.45, 7) is 6.07. The number of nitrogens with zero attached hydrogens (tertiary/aromatic N) is 3. The van der Waals surface area contributed by atoms with Crippen LogP contribution in [0.1, 0.15) is 35.7 Å². The van der Waals surface area contributed by atoms with Crippen molar-refractivity contribution in [1.82, 2.24) is 9.55 Å². The Labute approximate surface area is 220 Å². The number of hydrogen-bond donors (Lipinski definition) is 0. The van der Waals surface area contributed by atoms with E-state index < -0.39 is 0 Å². The van der Waals surface area contributed by atoms with Crippen LogP contribution in [0.2, 0.25) is 5.02 Å². The topological polar surface area (TPSA) is 65.8 Å². The molecule has 8 heteroatoms. The van der Waals surface area contributed by atoms with Crippen molar-refractivity contribution in [2.45, 2.75) is 39.2 Å². The fraction of sp³-hybridized carbons (Fsp3) is 0.310. The van der Waals surface area contributed by atoms with Crippen molar-refractivity contribution in [3.63, 3.8) is 0 Å². The smallest absolute Gasteiger partial charge is 0.231 e. The predicted molar refractivity (Wildman–Crippen MR) is 143 cm³/mol. The van der Waals surface area contributed by atoms with E-state index in [1.54, 1.807) is 0 Å². The highest BCUT2D eigenvalue weighted by molar-refractivity contribution is 6.32. The second kappa shape index (κ2) is 9.63. The molecule has 0 spiro atoms. The molecule has 0 N–H and O–H groups in total. The molecule has 1 fully saturated rings. The van der Waals surface area contributed by atoms with Gasteiger partial charge in [0.2, 0.25) is 12.7 Å². The number of rotatable bonds is 7. The third kappa shape index (κ3) is 4.48. The number of carbonyl (C=O) groups is 1. The zero-order valence-corrected chi connectivity index (χ0v) is 21.6. The van der Waals surface area contributed by atoms with E-state index in [1.165, 1.54) is 0 Å². The predicted octanol–water partition coefficient (Wildman–Crippen LogP) is 6.02. The number of ether oxygens (including phenoxy) is 3. The number of fused-ring (bicyclic) bond motifs is 2. The van der Waals surface area contributed by atoms with Crippen molar-refractivity contribution in [3.05, 3.63) is 76.6 Å². The summed E-state index contributed by atoms with van der Waals surface area (Å²) in [5.41, 5.74) is 4.86. The highest BCUT2D eigenvalue weighted by atomic mass is 35.5. The Kier molecular flexibility index (Phi) is 6.16. The van der Waals surface area contributed by atoms with Gasteiger partial charge in [0.25, 0.3) is 0 Å². The monoisotopic (exact) mass is 517 g/mol. The molecule has 0 aliphatic carbocycles. The molecule has 1 aromatic heterocycles. The molecule has 0 saturated carbocycles. The number of halogens is 1. The number of anilines is 1. The molecule has 190 valence electrons. The van der Waals surface area contributed by atoms with Gasteiger partial charge in [0.15, 0.2) is 11.5 Å². The van der Waals surface area contributed by atoms with Crippen molar-refractivity contribution >= 4 is 34.2 Å². The Hall–Kier alpha value is -3.71. The lowest BCUT2D eigenvalue weighted by Gasteiger charge is -2.18. The number of hydrogen-bond acceptors (Lipinski definition) is 5. The number of benzene rings is 3. The normalized spacial score (nSPS) is 16.7. The summed E-state index contributed by atoms with van der Waals surface area (Å²) in [4.78, 5) is 19.9. The average Bonchev–Trinajstić information content (AvgIpc) is 3.61. The third-order valence-electron chi connectivity index (χ3n) is 7.05. The molecule has 1 unspecified atom stereocenters. The van der Waals surface area contributed by atoms with Gasteiger partial charge >= 0.3 is 0 Å². The fourth-order valence-electron chi connectivity index (χ4n) is 5.23. The maximum absolute atomic E-state index is 13.1. The minimum atomic E-state index is -0.00666. The molecule has 2 aliphatic rings. The molecule has 1 amide bonds. The number of aryl methyl sites for hydroxylation is 3. The van der Waals surface area contributed by atoms with Crippen molar-refractivity contribution < 1.29 is 19.0 Å². The van der Waals surface area contributed by atoms with Crippen molar-refractivity contribution in [3.8, 4) is 17.2 Å². The van der Waals surface area contributed by atoms with Gasteiger partial charge in [-0.25, -0.2) is 4.98 Å². The number of para-hydroxylation sites is 2. The van der Waals surface area contributed by atoms with Gasteiger partial charge in [-0.3, -0.25) is 4.79 Å². The molecule has 0 bridgehead atoms. The standard InChI is InChI=1S/C29H28ClN3O4/c1-18-12-22(13-19(2)28(18)30)35-11-5-10-32-24-7-4-3-6-23(24)31-29(32)20-14-27(34)33(16-20)21-8-9-25-26(15-21)37-17-36-25/h3-4,6-9,12-13,15,20H,5,10-11,14,16-17H2,1-2H3. The molecule has 0 radical (unpaired) electrons. The molecule has 7 nitrogen and oxygen atoms in total. The molecular weight excluding hydrogens is 490 g/mol. The SMILES string of the molecule is Cc1cc(OCCCn2c(C3CC(=O)N(c4ccc5c(c4)OCO5)C3)nc3ccccc32)cc(C)c1Cl. The van der Waals surface area contributed by atoms with E-state index in [0.717, 1.165) is 57.4 Å². The van der Waals surface area contributed by atoms with E-state index in [9.17, 15) is 4.79 Å². The summed E-state index contributed by atoms with van der Waals surface area (Å²) in [5.74, 6) is 3.23. The average molecular weight is 518 g/mol. The van der Waals surface area contributed by atoms with Crippen LogP contribution < -0.4 is 19.1 Å². The molecule has 4 aromatic rings. The van der Waals surface area contributed by atoms with Crippen LogP contribution in [0.3, 0.4) is 0 Å². The van der Waals surface area contributed by atoms with Gasteiger partial charge in [0, 0.05) is 42.2 Å². The lowest BCUT2D eigenvalue weighted by molar-refractivity contribution is -0.117. The summed E-state index contributed by atoms with van der Waals surface area (Å²) in [5, 5.41) is 0.780. The summed E-state index contributed by atoms with van der Waals surface area (Å²) < 4.78 is 19.2. The van der Waals surface area contributed by atoms with Crippen molar-refractivity contribution in [1.29, 1.82) is 0 Å². The van der Waals surface area contributed by atoms with E-state index in [1.807, 2.05) is 67.3 Å². The van der Waals surface area contributed by atoms with Gasteiger partial charge in [-0.05, 0) is 67.8 Å². The Morgan fingerprint density at radius 3 is 2.68 bits per heavy atom. The second-order valence-electron chi connectivity index (χ2n) is 9.63. The fourth-order valence-corrected chi connectivity index (χ4v) is 5.34. The van der Waals surface area contributed by atoms with Crippen LogP contribution in [0, 0.1) is 13.8 Å². The quantitative estimate of drug-likeness (QED) is 0.280. The molecule has 2 aliphatic heterocycles. The van der Waals surface area contributed by atoms with Crippen molar-refractivity contribution in [2.24, 2.45) is 0 Å². The number of imidazole rings is 1. The van der Waals surface area contributed by atoms with E-state index in [4.69, 9.17) is 30.8 Å². The highest BCUT2D eigenvalue weighted by Crippen LogP contribution is 2.39. The van der Waals surface area contributed by atoms with Crippen LogP contribution in [-0.2, 0) is 11.3 Å². The molecule has 1 saturated heterocycles. The zero-order valence-electron chi connectivity index (χ0n) is 20.9. The van der Waals surface area contributed by atoms with Crippen LogP contribution in [0.25, 0.3) is 11.0 Å². The lowest BCUT2D eigenvalue weighted by atomic mass is 10.1. The van der Waals surface area contributed by atoms with Crippen LogP contribution in [-0.4, -0.2) is 35.4 Å². The molecule has 3 heterocycles. The third-order valence-corrected chi connectivity index (χ3v) is 7.64. The van der Waals surface area contributed by atoms with Crippen LogP contribution in [0.5, 0.6) is 17.2 Å². The maximum atomic E-state index is 13.1. The Bertz CT molecular complexity index is 1480. The van der Waals surface area contributed by atoms with Gasteiger partial charge < -0.3 is 23.7 Å². The van der Waals surface area contributed by atoms with Gasteiger partial charge in [-0.2, -0.15) is 0 Å². The van der Waals surface area contributed by atoms with E-state index in [2.05, 4.69) is 10.6 Å². The van der Waals surface area contributed by atoms with Gasteiger partial charge in [0.05, 0.1) is 17.6 Å². The molecular formula is C29H28ClN3O4. The minimum Gasteiger partial charge on any atom is -0.494 e. The maximum Gasteiger partial charge on any atom is 0.231 e. The van der Waals surface area contributed by atoms with E-state index >= 15 is 0 Å². The summed E-state index contributed by atoms with van der Waals surface area (Å²) in [6, 6.07) is 17.7. The van der Waals surface area contributed by atoms with E-state index in [-0.39, 0.29) is 18.6 Å². The van der Waals surface area contributed by atoms with Crippen LogP contribution >= 0.6 is 11.6 Å². The number of aromatic nitrogens is 2. The summed E-state index contributed by atoms with van der Waals surface area (Å²) in [6.07, 6.45) is 1.22. The highest BCUT2D eigenvalue weighted by Gasteiger charge is 2.35. The first-order valence-corrected chi connectivity index (χ1v) is 12.9. The minimum absolute atomic E-state index is 0.00666. The largest absolute Gasteiger partial charge is 0.494 e. The van der Waals surface area contributed by atoms with Gasteiger partial charge in [0.1, 0.15) is 11.6 Å².